The maximum atomic E-state index is 12.8. The zero-order chi connectivity index (χ0) is 22.2. The number of phenolic OH excluding ortho intramolecular Hbond substituents is 1. The van der Waals surface area contributed by atoms with Gasteiger partial charge in [0.1, 0.15) is 11.6 Å². The van der Waals surface area contributed by atoms with E-state index in [-0.39, 0.29) is 11.8 Å². The summed E-state index contributed by atoms with van der Waals surface area (Å²) >= 11 is 8.30. The lowest BCUT2D eigenvalue weighted by Crippen LogP contribution is -2.39. The Morgan fingerprint density at radius 2 is 2.06 bits per heavy atom. The summed E-state index contributed by atoms with van der Waals surface area (Å²) in [6, 6.07) is 12.8. The van der Waals surface area contributed by atoms with Gasteiger partial charge in [-0.2, -0.15) is 4.76 Å². The average molecular weight is 477 g/mol. The second kappa shape index (κ2) is 8.77. The van der Waals surface area contributed by atoms with Crippen molar-refractivity contribution in [1.82, 2.24) is 4.90 Å². The molecule has 6 nitrogen and oxygen atoms in total. The number of thiophene rings is 1. The third kappa shape index (κ3) is 4.16. The lowest BCUT2D eigenvalue weighted by molar-refractivity contribution is 0.274. The van der Waals surface area contributed by atoms with E-state index < -0.39 is 7.75 Å². The molecule has 2 heterocycles. The maximum absolute atomic E-state index is 12.8. The van der Waals surface area contributed by atoms with Crippen molar-refractivity contribution in [3.05, 3.63) is 76.1 Å². The quantitative estimate of drug-likeness (QED) is 0.332. The lowest BCUT2D eigenvalue weighted by Gasteiger charge is -2.38. The molecule has 1 aromatic heterocycles. The highest BCUT2D eigenvalue weighted by Crippen LogP contribution is 2.50. The first-order valence-corrected chi connectivity index (χ1v) is 12.3. The normalized spacial score (nSPS) is 17.8. The molecular weight excluding hydrogens is 455 g/mol. The van der Waals surface area contributed by atoms with Crippen LogP contribution in [0.25, 0.3) is 10.1 Å². The minimum Gasteiger partial charge on any atom is -0.508 e. The first-order valence-electron chi connectivity index (χ1n) is 9.56. The van der Waals surface area contributed by atoms with Crippen LogP contribution in [0.15, 0.2) is 59.9 Å². The van der Waals surface area contributed by atoms with Gasteiger partial charge >= 0.3 is 7.75 Å². The van der Waals surface area contributed by atoms with E-state index in [4.69, 9.17) is 20.6 Å². The molecule has 0 saturated carbocycles. The van der Waals surface area contributed by atoms with Crippen LogP contribution in [-0.2, 0) is 26.6 Å². The van der Waals surface area contributed by atoms with Gasteiger partial charge in [-0.15, -0.1) is 17.9 Å². The van der Waals surface area contributed by atoms with Crippen LogP contribution in [0.4, 0.5) is 0 Å². The van der Waals surface area contributed by atoms with Gasteiger partial charge in [0.05, 0.1) is 17.6 Å². The first kappa shape index (κ1) is 22.1. The van der Waals surface area contributed by atoms with Crippen LogP contribution in [0.5, 0.6) is 5.75 Å². The van der Waals surface area contributed by atoms with Gasteiger partial charge in [0.15, 0.2) is 0 Å². The Morgan fingerprint density at radius 1 is 1.32 bits per heavy atom. The number of benzene rings is 2. The molecule has 0 radical (unpaired) electrons. The highest BCUT2D eigenvalue weighted by Gasteiger charge is 2.33. The fourth-order valence-corrected chi connectivity index (χ4v) is 6.05. The van der Waals surface area contributed by atoms with E-state index in [1.807, 2.05) is 35.2 Å². The Labute approximate surface area is 190 Å². The molecule has 162 valence electrons. The van der Waals surface area contributed by atoms with E-state index in [1.165, 1.54) is 14.2 Å². The van der Waals surface area contributed by atoms with Crippen molar-refractivity contribution in [2.45, 2.75) is 19.0 Å². The number of aromatic hydroxyl groups is 1. The van der Waals surface area contributed by atoms with Crippen molar-refractivity contribution >= 4 is 46.6 Å². The summed E-state index contributed by atoms with van der Waals surface area (Å²) in [5.74, 6) is 0.717. The summed E-state index contributed by atoms with van der Waals surface area (Å²) in [5, 5.41) is 11.7. The van der Waals surface area contributed by atoms with Gasteiger partial charge in [0.25, 0.3) is 0 Å². The Kier molecular flexibility index (Phi) is 6.24. The van der Waals surface area contributed by atoms with Crippen molar-refractivity contribution < 1.29 is 18.7 Å². The summed E-state index contributed by atoms with van der Waals surface area (Å²) in [6.07, 6.45) is 2.18. The number of phenols is 1. The van der Waals surface area contributed by atoms with Crippen LogP contribution in [0.1, 0.15) is 22.0 Å². The summed E-state index contributed by atoms with van der Waals surface area (Å²) in [4.78, 5) is 2.94. The summed E-state index contributed by atoms with van der Waals surface area (Å²) in [6.45, 7) is 4.43. The van der Waals surface area contributed by atoms with E-state index in [9.17, 15) is 9.67 Å². The summed E-state index contributed by atoms with van der Waals surface area (Å²) in [7, 11) is -1.04. The van der Waals surface area contributed by atoms with Gasteiger partial charge in [-0.1, -0.05) is 41.9 Å². The first-order chi connectivity index (χ1) is 14.9. The molecule has 4 rings (SSSR count). The molecule has 9 heteroatoms. The number of hydrogen-bond acceptors (Lipinski definition) is 5. The zero-order valence-electron chi connectivity index (χ0n) is 17.1. The van der Waals surface area contributed by atoms with Crippen molar-refractivity contribution in [2.24, 2.45) is 4.76 Å². The van der Waals surface area contributed by atoms with Gasteiger partial charge in [-0.25, -0.2) is 4.57 Å². The van der Waals surface area contributed by atoms with Crippen LogP contribution in [0.3, 0.4) is 0 Å². The van der Waals surface area contributed by atoms with Crippen molar-refractivity contribution in [3.8, 4) is 5.75 Å². The average Bonchev–Trinajstić information content (AvgIpc) is 3.09. The number of fused-ring (bicyclic) bond motifs is 2. The van der Waals surface area contributed by atoms with E-state index in [0.717, 1.165) is 26.1 Å². The van der Waals surface area contributed by atoms with Crippen LogP contribution < -0.4 is 0 Å². The molecule has 1 N–H and O–H groups in total. The Hall–Kier alpha value is -2.15. The van der Waals surface area contributed by atoms with Crippen molar-refractivity contribution in [1.29, 1.82) is 0 Å². The maximum Gasteiger partial charge on any atom is 0.454 e. The fourth-order valence-electron chi connectivity index (χ4n) is 3.77. The molecule has 1 aliphatic heterocycles. The predicted octanol–water partition coefficient (Wildman–Crippen LogP) is 6.35. The number of hydrogen-bond donors (Lipinski definition) is 1. The van der Waals surface area contributed by atoms with Crippen LogP contribution >= 0.6 is 30.7 Å². The van der Waals surface area contributed by atoms with E-state index in [1.54, 1.807) is 29.5 Å². The van der Waals surface area contributed by atoms with Crippen molar-refractivity contribution in [2.75, 3.05) is 14.2 Å². The molecule has 1 aliphatic rings. The van der Waals surface area contributed by atoms with Gasteiger partial charge in [0.2, 0.25) is 0 Å². The van der Waals surface area contributed by atoms with Crippen LogP contribution in [-0.4, -0.2) is 30.1 Å². The van der Waals surface area contributed by atoms with Crippen molar-refractivity contribution in [3.63, 3.8) is 0 Å². The third-order valence-corrected chi connectivity index (χ3v) is 8.40. The largest absolute Gasteiger partial charge is 0.508 e. The summed E-state index contributed by atoms with van der Waals surface area (Å²) < 4.78 is 28.4. The topological polar surface area (TPSA) is 71.4 Å². The van der Waals surface area contributed by atoms with Gasteiger partial charge in [-0.05, 0) is 29.3 Å². The second-order valence-electron chi connectivity index (χ2n) is 7.05. The van der Waals surface area contributed by atoms with Gasteiger partial charge < -0.3 is 10.0 Å². The lowest BCUT2D eigenvalue weighted by atomic mass is 9.91. The predicted molar refractivity (Wildman–Crippen MR) is 126 cm³/mol. The zero-order valence-corrected chi connectivity index (χ0v) is 19.6. The molecule has 2 aromatic carbocycles. The minimum absolute atomic E-state index is 0.172. The molecule has 3 aromatic rings. The van der Waals surface area contributed by atoms with Crippen LogP contribution in [0.2, 0.25) is 5.02 Å². The fraction of sp³-hybridized carbons (Fsp3) is 0.227. The van der Waals surface area contributed by atoms with Crippen LogP contribution in [0, 0.1) is 0 Å². The Balaban J connectivity index is 1.85. The number of rotatable bonds is 6. The van der Waals surface area contributed by atoms with E-state index in [0.29, 0.717) is 23.8 Å². The molecule has 0 aliphatic carbocycles. The molecule has 0 saturated heterocycles. The van der Waals surface area contributed by atoms with E-state index >= 15 is 0 Å². The smallest absolute Gasteiger partial charge is 0.454 e. The molecule has 31 heavy (non-hydrogen) atoms. The second-order valence-corrected chi connectivity index (χ2v) is 10.4. The molecule has 0 spiro atoms. The number of nitrogens with zero attached hydrogens (tertiary/aromatic N) is 2. The van der Waals surface area contributed by atoms with E-state index in [2.05, 4.69) is 11.3 Å². The number of halogens is 1. The molecule has 0 fully saturated rings. The molecular formula is C22H22ClN2O4PS. The SMILES string of the molecule is C=CC1c2cc(O)ccc2C/C(=N/P(=O)(OC)OC)N1Cc1sc2ccccc2c1Cl. The number of amidine groups is 1. The Bertz CT molecular complexity index is 1220. The molecule has 1 atom stereocenters. The molecule has 0 bridgehead atoms. The van der Waals surface area contributed by atoms with Gasteiger partial charge in [-0.3, -0.25) is 9.05 Å². The molecule has 0 amide bonds. The molecule has 1 unspecified atom stereocenters. The standard InChI is InChI=1S/C22H22ClN2O4PS/c1-4-18-17-12-15(26)10-9-14(17)11-21(24-30(27,28-2)29-3)25(18)13-20-22(23)16-7-5-6-8-19(16)31-20/h4-10,12,18,26H,1,11,13H2,2-3H3/b24-21-. The third-order valence-electron chi connectivity index (χ3n) is 5.30. The summed E-state index contributed by atoms with van der Waals surface area (Å²) in [5.41, 5.74) is 1.87. The Morgan fingerprint density at radius 3 is 2.74 bits per heavy atom. The highest BCUT2D eigenvalue weighted by molar-refractivity contribution is 7.52. The van der Waals surface area contributed by atoms with Gasteiger partial charge in [0, 0.05) is 35.6 Å². The highest BCUT2D eigenvalue weighted by atomic mass is 35.5. The minimum atomic E-state index is -3.66. The monoisotopic (exact) mass is 476 g/mol.